The normalized spacial score (nSPS) is 11.2. The first kappa shape index (κ1) is 15.8. The Balaban J connectivity index is 2.43. The van der Waals surface area contributed by atoms with Crippen molar-refractivity contribution in [2.75, 3.05) is 16.3 Å². The van der Waals surface area contributed by atoms with Crippen molar-refractivity contribution in [2.45, 2.75) is 6.92 Å². The number of nitrogens with one attached hydrogen (secondary N) is 2. The second kappa shape index (κ2) is 5.64. The molecule has 10 heteroatoms. The first-order valence-electron chi connectivity index (χ1n) is 5.91. The summed E-state index contributed by atoms with van der Waals surface area (Å²) in [6, 6.07) is 3.60. The number of nitrogens with zero attached hydrogens (tertiary/aromatic N) is 1. The summed E-state index contributed by atoms with van der Waals surface area (Å²) < 4.78 is 43.2. The fraction of sp³-hybridized carbons (Fsp3) is 0.167. The summed E-state index contributed by atoms with van der Waals surface area (Å²) in [5, 5.41) is 14.5. The predicted molar refractivity (Wildman–Crippen MR) is 76.7 cm³/mol. The van der Waals surface area contributed by atoms with E-state index in [-0.39, 0.29) is 28.4 Å². The van der Waals surface area contributed by atoms with Gasteiger partial charge in [-0.2, -0.15) is 0 Å². The molecule has 1 aromatic heterocycles. The van der Waals surface area contributed by atoms with E-state index >= 15 is 0 Å². The SMILES string of the molecule is Cc1noc(-c2ccc(NS(C)(=O)=O)c(F)c2)c1NC(=O)O. The maximum Gasteiger partial charge on any atom is 0.409 e. The van der Waals surface area contributed by atoms with Crippen molar-refractivity contribution in [3.63, 3.8) is 0 Å². The number of amides is 1. The molecule has 2 aromatic rings. The summed E-state index contributed by atoms with van der Waals surface area (Å²) in [6.07, 6.45) is -0.418. The van der Waals surface area contributed by atoms with Crippen LogP contribution in [-0.4, -0.2) is 31.0 Å². The average molecular weight is 329 g/mol. The topological polar surface area (TPSA) is 122 Å². The number of sulfonamides is 1. The number of hydrogen-bond donors (Lipinski definition) is 3. The standard InChI is InChI=1S/C12H12FN3O5S/c1-6-10(14-12(17)18)11(21-15-6)7-3-4-9(8(13)5-7)16-22(2,19)20/h3-5,14,16H,1-2H3,(H,17,18). The Bertz CT molecular complexity index is 831. The number of anilines is 2. The van der Waals surface area contributed by atoms with Crippen molar-refractivity contribution >= 4 is 27.5 Å². The molecule has 0 aliphatic carbocycles. The summed E-state index contributed by atoms with van der Waals surface area (Å²) in [7, 11) is -3.61. The zero-order valence-corrected chi connectivity index (χ0v) is 12.4. The fourth-order valence-corrected chi connectivity index (χ4v) is 2.32. The lowest BCUT2D eigenvalue weighted by Gasteiger charge is -2.07. The van der Waals surface area contributed by atoms with Gasteiger partial charge in [0.25, 0.3) is 0 Å². The molecular weight excluding hydrogens is 317 g/mol. The van der Waals surface area contributed by atoms with Crippen molar-refractivity contribution in [3.05, 3.63) is 29.7 Å². The van der Waals surface area contributed by atoms with Crippen LogP contribution in [0.4, 0.5) is 20.6 Å². The second-order valence-corrected chi connectivity index (χ2v) is 6.22. The molecule has 8 nitrogen and oxygen atoms in total. The van der Waals surface area contributed by atoms with Crippen molar-refractivity contribution in [1.29, 1.82) is 0 Å². The molecule has 118 valence electrons. The summed E-state index contributed by atoms with van der Waals surface area (Å²) in [4.78, 5) is 10.7. The Morgan fingerprint density at radius 2 is 2.09 bits per heavy atom. The minimum atomic E-state index is -3.61. The summed E-state index contributed by atoms with van der Waals surface area (Å²) >= 11 is 0. The maximum atomic E-state index is 13.9. The van der Waals surface area contributed by atoms with E-state index in [1.54, 1.807) is 0 Å². The van der Waals surface area contributed by atoms with Crippen LogP contribution in [0.3, 0.4) is 0 Å². The van der Waals surface area contributed by atoms with Gasteiger partial charge in [-0.05, 0) is 25.1 Å². The fourth-order valence-electron chi connectivity index (χ4n) is 1.76. The highest BCUT2D eigenvalue weighted by Crippen LogP contribution is 2.32. The average Bonchev–Trinajstić information content (AvgIpc) is 2.72. The first-order chi connectivity index (χ1) is 10.2. The predicted octanol–water partition coefficient (Wildman–Crippen LogP) is 2.25. The Kier molecular flexibility index (Phi) is 4.04. The molecule has 0 atom stereocenters. The molecule has 1 aromatic carbocycles. The third kappa shape index (κ3) is 3.52. The van der Waals surface area contributed by atoms with Gasteiger partial charge in [0.1, 0.15) is 17.2 Å². The number of carbonyl (C=O) groups is 1. The summed E-state index contributed by atoms with van der Waals surface area (Å²) in [6.45, 7) is 1.52. The van der Waals surface area contributed by atoms with Crippen molar-refractivity contribution in [1.82, 2.24) is 5.16 Å². The molecule has 0 aliphatic rings. The van der Waals surface area contributed by atoms with Gasteiger partial charge in [0.15, 0.2) is 5.76 Å². The monoisotopic (exact) mass is 329 g/mol. The maximum absolute atomic E-state index is 13.9. The lowest BCUT2D eigenvalue weighted by molar-refractivity contribution is 0.209. The Morgan fingerprint density at radius 3 is 2.64 bits per heavy atom. The lowest BCUT2D eigenvalue weighted by atomic mass is 10.1. The zero-order valence-electron chi connectivity index (χ0n) is 11.5. The Labute approximate surface area is 125 Å². The number of carboxylic acid groups (broad SMARTS) is 1. The van der Waals surface area contributed by atoms with Crippen LogP contribution in [0.15, 0.2) is 22.7 Å². The molecule has 2 rings (SSSR count). The highest BCUT2D eigenvalue weighted by atomic mass is 32.2. The molecule has 1 heterocycles. The van der Waals surface area contributed by atoms with Crippen LogP contribution < -0.4 is 10.0 Å². The molecule has 0 fully saturated rings. The van der Waals surface area contributed by atoms with Gasteiger partial charge in [-0.3, -0.25) is 10.0 Å². The van der Waals surface area contributed by atoms with E-state index in [4.69, 9.17) is 9.63 Å². The smallest absolute Gasteiger partial charge is 0.409 e. The Hall–Kier alpha value is -2.62. The number of halogens is 1. The lowest BCUT2D eigenvalue weighted by Crippen LogP contribution is -2.11. The first-order valence-corrected chi connectivity index (χ1v) is 7.80. The number of benzene rings is 1. The molecular formula is C12H12FN3O5S. The van der Waals surface area contributed by atoms with Crippen LogP contribution >= 0.6 is 0 Å². The van der Waals surface area contributed by atoms with Gasteiger partial charge in [-0.1, -0.05) is 5.16 Å². The molecule has 0 spiro atoms. The molecule has 0 unspecified atom stereocenters. The number of aromatic nitrogens is 1. The van der Waals surface area contributed by atoms with Gasteiger partial charge in [-0.15, -0.1) is 0 Å². The third-order valence-corrected chi connectivity index (χ3v) is 3.21. The molecule has 0 saturated heterocycles. The van der Waals surface area contributed by atoms with E-state index in [2.05, 4.69) is 10.5 Å². The highest BCUT2D eigenvalue weighted by molar-refractivity contribution is 7.92. The van der Waals surface area contributed by atoms with E-state index in [1.165, 1.54) is 19.1 Å². The molecule has 22 heavy (non-hydrogen) atoms. The number of rotatable bonds is 4. The molecule has 3 N–H and O–H groups in total. The molecule has 0 radical (unpaired) electrons. The highest BCUT2D eigenvalue weighted by Gasteiger charge is 2.18. The third-order valence-electron chi connectivity index (χ3n) is 2.62. The molecule has 0 bridgehead atoms. The zero-order chi connectivity index (χ0) is 16.5. The molecule has 1 amide bonds. The van der Waals surface area contributed by atoms with Gasteiger partial charge < -0.3 is 9.63 Å². The van der Waals surface area contributed by atoms with Gasteiger partial charge in [0, 0.05) is 5.56 Å². The quantitative estimate of drug-likeness (QED) is 0.791. The van der Waals surface area contributed by atoms with Crippen LogP contribution in [-0.2, 0) is 10.0 Å². The van der Waals surface area contributed by atoms with Gasteiger partial charge in [0.05, 0.1) is 11.9 Å². The van der Waals surface area contributed by atoms with E-state index in [1.807, 2.05) is 4.72 Å². The minimum absolute atomic E-state index is 0.0321. The largest absolute Gasteiger partial charge is 0.465 e. The minimum Gasteiger partial charge on any atom is -0.465 e. The number of hydrogen-bond acceptors (Lipinski definition) is 5. The summed E-state index contributed by atoms with van der Waals surface area (Å²) in [5.41, 5.74) is 0.364. The van der Waals surface area contributed by atoms with Crippen LogP contribution in [0.1, 0.15) is 5.69 Å². The van der Waals surface area contributed by atoms with E-state index in [9.17, 15) is 17.6 Å². The van der Waals surface area contributed by atoms with Crippen LogP contribution in [0, 0.1) is 12.7 Å². The second-order valence-electron chi connectivity index (χ2n) is 4.47. The van der Waals surface area contributed by atoms with Gasteiger partial charge in [0.2, 0.25) is 10.0 Å². The van der Waals surface area contributed by atoms with Gasteiger partial charge in [-0.25, -0.2) is 17.6 Å². The van der Waals surface area contributed by atoms with Gasteiger partial charge >= 0.3 is 6.09 Å². The van der Waals surface area contributed by atoms with Crippen molar-refractivity contribution in [3.8, 4) is 11.3 Å². The van der Waals surface area contributed by atoms with E-state index in [0.29, 0.717) is 0 Å². The summed E-state index contributed by atoms with van der Waals surface area (Å²) in [5.74, 6) is -0.803. The van der Waals surface area contributed by atoms with E-state index < -0.39 is 21.9 Å². The van der Waals surface area contributed by atoms with Crippen molar-refractivity contribution < 1.29 is 27.2 Å². The van der Waals surface area contributed by atoms with Crippen LogP contribution in [0.2, 0.25) is 0 Å². The van der Waals surface area contributed by atoms with Crippen LogP contribution in [0.25, 0.3) is 11.3 Å². The Morgan fingerprint density at radius 1 is 1.41 bits per heavy atom. The van der Waals surface area contributed by atoms with Crippen LogP contribution in [0.5, 0.6) is 0 Å². The van der Waals surface area contributed by atoms with E-state index in [0.717, 1.165) is 12.3 Å². The van der Waals surface area contributed by atoms with Crippen molar-refractivity contribution in [2.24, 2.45) is 0 Å². The molecule has 0 aliphatic heterocycles. The molecule has 0 saturated carbocycles. The number of aryl methyl sites for hydroxylation is 1.